The maximum atomic E-state index is 6.01. The van der Waals surface area contributed by atoms with E-state index in [9.17, 15) is 0 Å². The van der Waals surface area contributed by atoms with Gasteiger partial charge in [0.25, 0.3) is 0 Å². The summed E-state index contributed by atoms with van der Waals surface area (Å²) in [7, 11) is 0. The van der Waals surface area contributed by atoms with Crippen molar-refractivity contribution in [1.29, 1.82) is 0 Å². The molecule has 0 bridgehead atoms. The number of nitrogens with zero attached hydrogens (tertiary/aromatic N) is 1. The van der Waals surface area contributed by atoms with Gasteiger partial charge in [-0.2, -0.15) is 0 Å². The number of pyridine rings is 1. The monoisotopic (exact) mass is 316 g/mol. The van der Waals surface area contributed by atoms with Crippen LogP contribution in [0.5, 0.6) is 0 Å². The minimum atomic E-state index is 0.293. The van der Waals surface area contributed by atoms with Crippen LogP contribution in [0.2, 0.25) is 10.2 Å². The molecule has 0 atom stereocenters. The van der Waals surface area contributed by atoms with E-state index in [2.05, 4.69) is 26.2 Å². The van der Waals surface area contributed by atoms with Crippen LogP contribution < -0.4 is 5.32 Å². The molecule has 0 amide bonds. The molecule has 2 aromatic rings. The van der Waals surface area contributed by atoms with Crippen LogP contribution in [0, 0.1) is 0 Å². The van der Waals surface area contributed by atoms with E-state index in [1.807, 2.05) is 24.3 Å². The van der Waals surface area contributed by atoms with E-state index < -0.39 is 0 Å². The van der Waals surface area contributed by atoms with Crippen LogP contribution in [-0.4, -0.2) is 4.98 Å². The molecule has 1 heterocycles. The van der Waals surface area contributed by atoms with Gasteiger partial charge in [0.15, 0.2) is 0 Å². The van der Waals surface area contributed by atoms with Crippen molar-refractivity contribution in [2.45, 2.75) is 0 Å². The molecule has 2 nitrogen and oxygen atoms in total. The summed E-state index contributed by atoms with van der Waals surface area (Å²) in [4.78, 5) is 3.88. The van der Waals surface area contributed by atoms with Gasteiger partial charge in [0.2, 0.25) is 0 Å². The summed E-state index contributed by atoms with van der Waals surface area (Å²) >= 11 is 15.2. The molecule has 2 rings (SSSR count). The Bertz CT molecular complexity index is 517. The minimum Gasteiger partial charge on any atom is -0.354 e. The Morgan fingerprint density at radius 2 is 2.00 bits per heavy atom. The summed E-state index contributed by atoms with van der Waals surface area (Å²) in [6.07, 6.45) is 1.61. The van der Waals surface area contributed by atoms with Crippen LogP contribution in [0.1, 0.15) is 0 Å². The van der Waals surface area contributed by atoms with Gasteiger partial charge in [0.05, 0.1) is 5.69 Å². The number of halogens is 3. The van der Waals surface area contributed by atoms with Crippen LogP contribution in [0.3, 0.4) is 0 Å². The first-order chi connectivity index (χ1) is 7.66. The Hall–Kier alpha value is -0.770. The molecule has 16 heavy (non-hydrogen) atoms. The van der Waals surface area contributed by atoms with Crippen molar-refractivity contribution < 1.29 is 0 Å². The van der Waals surface area contributed by atoms with Gasteiger partial charge >= 0.3 is 0 Å². The fourth-order valence-corrected chi connectivity index (χ4v) is 1.95. The third kappa shape index (κ3) is 2.67. The predicted octanol–water partition coefficient (Wildman–Crippen LogP) is 4.89. The molecule has 0 aliphatic heterocycles. The van der Waals surface area contributed by atoms with Crippen molar-refractivity contribution in [2.75, 3.05) is 5.32 Å². The highest BCUT2D eigenvalue weighted by Crippen LogP contribution is 2.30. The molecule has 0 aliphatic carbocycles. The zero-order valence-corrected chi connectivity index (χ0v) is 11.1. The average molecular weight is 318 g/mol. The molecule has 5 heteroatoms. The maximum Gasteiger partial charge on any atom is 0.149 e. The standard InChI is InChI=1S/C11H7BrCl2N2/c12-7-2-1-3-8(6-7)16-9-4-5-15-11(14)10(9)13/h1-6H,(H,15,16). The number of hydrogen-bond acceptors (Lipinski definition) is 2. The van der Waals surface area contributed by atoms with Gasteiger partial charge in [-0.1, -0.05) is 45.2 Å². The van der Waals surface area contributed by atoms with E-state index >= 15 is 0 Å². The largest absolute Gasteiger partial charge is 0.354 e. The summed E-state index contributed by atoms with van der Waals surface area (Å²) in [5.41, 5.74) is 1.67. The average Bonchev–Trinajstić information content (AvgIpc) is 2.25. The molecule has 0 fully saturated rings. The first-order valence-electron chi connectivity index (χ1n) is 4.49. The zero-order valence-electron chi connectivity index (χ0n) is 8.05. The smallest absolute Gasteiger partial charge is 0.149 e. The molecule has 0 unspecified atom stereocenters. The van der Waals surface area contributed by atoms with Crippen molar-refractivity contribution in [3.8, 4) is 0 Å². The summed E-state index contributed by atoms with van der Waals surface area (Å²) in [5, 5.41) is 3.88. The molecule has 82 valence electrons. The van der Waals surface area contributed by atoms with Crippen LogP contribution in [-0.2, 0) is 0 Å². The van der Waals surface area contributed by atoms with Crippen molar-refractivity contribution in [3.05, 3.63) is 51.2 Å². The molecular formula is C11H7BrCl2N2. The summed E-state index contributed by atoms with van der Waals surface area (Å²) in [5.74, 6) is 0. The third-order valence-corrected chi connectivity index (χ3v) is 3.21. The lowest BCUT2D eigenvalue weighted by molar-refractivity contribution is 1.32. The summed E-state index contributed by atoms with van der Waals surface area (Å²) < 4.78 is 0.994. The van der Waals surface area contributed by atoms with Crippen molar-refractivity contribution in [3.63, 3.8) is 0 Å². The molecule has 0 saturated carbocycles. The van der Waals surface area contributed by atoms with Crippen LogP contribution in [0.25, 0.3) is 0 Å². The summed E-state index contributed by atoms with van der Waals surface area (Å²) in [6, 6.07) is 9.55. The number of hydrogen-bond donors (Lipinski definition) is 1. The van der Waals surface area contributed by atoms with E-state index in [-0.39, 0.29) is 0 Å². The van der Waals surface area contributed by atoms with Crippen LogP contribution in [0.15, 0.2) is 41.0 Å². The van der Waals surface area contributed by atoms with Crippen molar-refractivity contribution >= 4 is 50.5 Å². The Kier molecular flexibility index (Phi) is 3.69. The molecule has 0 aliphatic rings. The highest BCUT2D eigenvalue weighted by Gasteiger charge is 2.05. The van der Waals surface area contributed by atoms with E-state index in [1.165, 1.54) is 0 Å². The maximum absolute atomic E-state index is 6.01. The number of aromatic nitrogens is 1. The fraction of sp³-hybridized carbons (Fsp3) is 0. The van der Waals surface area contributed by atoms with E-state index in [1.54, 1.807) is 12.3 Å². The summed E-state index contributed by atoms with van der Waals surface area (Å²) in [6.45, 7) is 0. The van der Waals surface area contributed by atoms with Gasteiger partial charge in [-0.15, -0.1) is 0 Å². The first-order valence-corrected chi connectivity index (χ1v) is 6.04. The lowest BCUT2D eigenvalue weighted by atomic mass is 10.3. The third-order valence-electron chi connectivity index (χ3n) is 1.95. The van der Waals surface area contributed by atoms with Crippen molar-refractivity contribution in [2.24, 2.45) is 0 Å². The molecular weight excluding hydrogens is 311 g/mol. The van der Waals surface area contributed by atoms with E-state index in [0.29, 0.717) is 10.2 Å². The lowest BCUT2D eigenvalue weighted by Crippen LogP contribution is -1.92. The first kappa shape index (κ1) is 11.7. The van der Waals surface area contributed by atoms with Crippen LogP contribution >= 0.6 is 39.1 Å². The van der Waals surface area contributed by atoms with Gasteiger partial charge in [0.1, 0.15) is 10.2 Å². The lowest BCUT2D eigenvalue weighted by Gasteiger charge is -2.08. The second-order valence-electron chi connectivity index (χ2n) is 3.10. The molecule has 1 N–H and O–H groups in total. The number of rotatable bonds is 2. The molecule has 0 saturated heterocycles. The SMILES string of the molecule is Clc1nccc(Nc2cccc(Br)c2)c1Cl. The van der Waals surface area contributed by atoms with Gasteiger partial charge in [-0.3, -0.25) is 0 Å². The Labute approximate surface area is 112 Å². The van der Waals surface area contributed by atoms with E-state index in [4.69, 9.17) is 23.2 Å². The molecule has 1 aromatic carbocycles. The number of anilines is 2. The molecule has 1 aromatic heterocycles. The van der Waals surface area contributed by atoms with Gasteiger partial charge < -0.3 is 5.32 Å². The molecule has 0 spiro atoms. The van der Waals surface area contributed by atoms with Crippen molar-refractivity contribution in [1.82, 2.24) is 4.98 Å². The van der Waals surface area contributed by atoms with Gasteiger partial charge in [-0.25, -0.2) is 4.98 Å². The Balaban J connectivity index is 2.31. The van der Waals surface area contributed by atoms with Crippen LogP contribution in [0.4, 0.5) is 11.4 Å². The highest BCUT2D eigenvalue weighted by molar-refractivity contribution is 9.10. The van der Waals surface area contributed by atoms with E-state index in [0.717, 1.165) is 15.8 Å². The predicted molar refractivity (Wildman–Crippen MR) is 71.7 cm³/mol. The number of benzene rings is 1. The second kappa shape index (κ2) is 5.04. The van der Waals surface area contributed by atoms with Gasteiger partial charge in [-0.05, 0) is 24.3 Å². The van der Waals surface area contributed by atoms with Gasteiger partial charge in [0, 0.05) is 16.4 Å². The zero-order chi connectivity index (χ0) is 11.5. The minimum absolute atomic E-state index is 0.293. The highest BCUT2D eigenvalue weighted by atomic mass is 79.9. The molecule has 0 radical (unpaired) electrons. The quantitative estimate of drug-likeness (QED) is 0.797. The normalized spacial score (nSPS) is 10.2. The Morgan fingerprint density at radius 1 is 1.19 bits per heavy atom. The number of nitrogens with one attached hydrogen (secondary N) is 1. The Morgan fingerprint density at radius 3 is 2.75 bits per heavy atom. The second-order valence-corrected chi connectivity index (χ2v) is 4.75. The fourth-order valence-electron chi connectivity index (χ4n) is 1.24. The topological polar surface area (TPSA) is 24.9 Å².